The van der Waals surface area contributed by atoms with Gasteiger partial charge in [-0.3, -0.25) is 0 Å². The van der Waals surface area contributed by atoms with Crippen LogP contribution in [0.1, 0.15) is 25.0 Å². The van der Waals surface area contributed by atoms with E-state index in [-0.39, 0.29) is 5.41 Å². The second kappa shape index (κ2) is 10.7. The molecule has 0 N–H and O–H groups in total. The van der Waals surface area contributed by atoms with Gasteiger partial charge in [-0.15, -0.1) is 0 Å². The van der Waals surface area contributed by atoms with E-state index in [2.05, 4.69) is 178 Å². The third-order valence-corrected chi connectivity index (χ3v) is 12.4. The van der Waals surface area contributed by atoms with Crippen molar-refractivity contribution in [3.05, 3.63) is 181 Å². The van der Waals surface area contributed by atoms with Crippen molar-refractivity contribution in [3.63, 3.8) is 0 Å². The second-order valence-corrected chi connectivity index (χ2v) is 15.5. The van der Waals surface area contributed by atoms with Gasteiger partial charge >= 0.3 is 0 Å². The predicted molar refractivity (Wildman–Crippen MR) is 227 cm³/mol. The molecule has 1 heteroatoms. The van der Waals surface area contributed by atoms with Crippen molar-refractivity contribution in [1.29, 1.82) is 0 Å². The van der Waals surface area contributed by atoms with Crippen molar-refractivity contribution >= 4 is 43.5 Å². The highest BCUT2D eigenvalue weighted by molar-refractivity contribution is 6.29. The van der Waals surface area contributed by atoms with Crippen molar-refractivity contribution in [2.24, 2.45) is 0 Å². The summed E-state index contributed by atoms with van der Waals surface area (Å²) < 4.78 is 6.18. The van der Waals surface area contributed by atoms with Crippen LogP contribution >= 0.6 is 0 Å². The number of para-hydroxylation sites is 1. The van der Waals surface area contributed by atoms with Crippen molar-refractivity contribution in [2.75, 3.05) is 0 Å². The van der Waals surface area contributed by atoms with E-state index in [1.165, 1.54) is 99.4 Å². The number of hydrogen-bond donors (Lipinski definition) is 0. The summed E-state index contributed by atoms with van der Waals surface area (Å²) >= 11 is 0. The monoisotopic (exact) mass is 686 g/mol. The highest BCUT2D eigenvalue weighted by atomic mass is 16.3. The maximum Gasteiger partial charge on any atom is 0.135 e. The van der Waals surface area contributed by atoms with Crippen molar-refractivity contribution < 1.29 is 4.42 Å². The molecule has 252 valence electrons. The van der Waals surface area contributed by atoms with Crippen LogP contribution in [0.5, 0.6) is 0 Å². The van der Waals surface area contributed by atoms with E-state index in [1.54, 1.807) is 0 Å². The van der Waals surface area contributed by atoms with Crippen molar-refractivity contribution in [3.8, 4) is 66.8 Å². The summed E-state index contributed by atoms with van der Waals surface area (Å²) in [5.41, 5.74) is 20.1. The van der Waals surface area contributed by atoms with Crippen LogP contribution in [0.3, 0.4) is 0 Å². The quantitative estimate of drug-likeness (QED) is 0.180. The van der Waals surface area contributed by atoms with Crippen LogP contribution < -0.4 is 0 Å². The first-order valence-electron chi connectivity index (χ1n) is 18.9. The summed E-state index contributed by atoms with van der Waals surface area (Å²) in [6, 6.07) is 62.7. The maximum absolute atomic E-state index is 6.18. The van der Waals surface area contributed by atoms with E-state index in [0.29, 0.717) is 0 Å². The Morgan fingerprint density at radius 2 is 0.907 bits per heavy atom. The van der Waals surface area contributed by atoms with E-state index >= 15 is 0 Å². The van der Waals surface area contributed by atoms with Gasteiger partial charge in [-0.25, -0.2) is 0 Å². The van der Waals surface area contributed by atoms with Gasteiger partial charge in [0.25, 0.3) is 0 Å². The fourth-order valence-corrected chi connectivity index (χ4v) is 9.97. The SMILES string of the molecule is CC1(C)c2cc(-c3ccc4oc5ccccc5c4c3)ccc2-c2c1cc1c3c(cccc23)-c2c-1c(-c1ccccc1)c1ccccc1c2-c1ccccc1. The van der Waals surface area contributed by atoms with Gasteiger partial charge in [-0.2, -0.15) is 0 Å². The molecular formula is C53H34O. The van der Waals surface area contributed by atoms with Crippen molar-refractivity contribution in [2.45, 2.75) is 19.3 Å². The zero-order chi connectivity index (χ0) is 35.7. The number of fused-ring (bicyclic) bond motifs is 11. The predicted octanol–water partition coefficient (Wildman–Crippen LogP) is 14.8. The Morgan fingerprint density at radius 3 is 1.63 bits per heavy atom. The third-order valence-electron chi connectivity index (χ3n) is 12.4. The first-order chi connectivity index (χ1) is 26.6. The van der Waals surface area contributed by atoms with Crippen LogP contribution in [-0.2, 0) is 5.41 Å². The molecule has 0 spiro atoms. The Balaban J connectivity index is 1.14. The van der Waals surface area contributed by atoms with Crippen LogP contribution in [0.15, 0.2) is 174 Å². The number of rotatable bonds is 3. The zero-order valence-corrected chi connectivity index (χ0v) is 30.1. The summed E-state index contributed by atoms with van der Waals surface area (Å²) in [5.74, 6) is 0. The van der Waals surface area contributed by atoms with Gasteiger partial charge in [0.1, 0.15) is 11.2 Å². The summed E-state index contributed by atoms with van der Waals surface area (Å²) in [6.07, 6.45) is 0. The van der Waals surface area contributed by atoms with Crippen LogP contribution in [-0.4, -0.2) is 0 Å². The molecule has 0 saturated carbocycles. The normalized spacial score (nSPS) is 13.5. The lowest BCUT2D eigenvalue weighted by atomic mass is 9.79. The zero-order valence-electron chi connectivity index (χ0n) is 30.1. The van der Waals surface area contributed by atoms with Crippen LogP contribution in [0.4, 0.5) is 0 Å². The minimum absolute atomic E-state index is 0.206. The van der Waals surface area contributed by atoms with Gasteiger partial charge in [0.15, 0.2) is 0 Å². The van der Waals surface area contributed by atoms with Gasteiger partial charge in [0, 0.05) is 16.2 Å². The number of hydrogen-bond acceptors (Lipinski definition) is 1. The molecule has 1 heterocycles. The first kappa shape index (κ1) is 29.8. The highest BCUT2D eigenvalue weighted by Gasteiger charge is 2.40. The second-order valence-electron chi connectivity index (χ2n) is 15.5. The van der Waals surface area contributed by atoms with Gasteiger partial charge in [-0.1, -0.05) is 153 Å². The molecule has 2 aliphatic carbocycles. The minimum Gasteiger partial charge on any atom is -0.456 e. The largest absolute Gasteiger partial charge is 0.456 e. The smallest absolute Gasteiger partial charge is 0.135 e. The minimum atomic E-state index is -0.206. The highest BCUT2D eigenvalue weighted by Crippen LogP contribution is 2.62. The molecule has 12 rings (SSSR count). The average Bonchev–Trinajstić information content (AvgIpc) is 3.83. The Hall–Kier alpha value is -6.70. The first-order valence-corrected chi connectivity index (χ1v) is 18.9. The number of benzene rings is 9. The number of furan rings is 1. The molecule has 0 saturated heterocycles. The molecule has 0 fully saturated rings. The lowest BCUT2D eigenvalue weighted by Gasteiger charge is -2.24. The molecule has 0 atom stereocenters. The van der Waals surface area contributed by atoms with Gasteiger partial charge < -0.3 is 4.42 Å². The molecule has 0 amide bonds. The lowest BCUT2D eigenvalue weighted by molar-refractivity contribution is 0.661. The molecule has 0 unspecified atom stereocenters. The molecule has 0 radical (unpaired) electrons. The third kappa shape index (κ3) is 3.88. The maximum atomic E-state index is 6.18. The molecule has 0 bridgehead atoms. The lowest BCUT2D eigenvalue weighted by Crippen LogP contribution is -2.15. The van der Waals surface area contributed by atoms with Gasteiger partial charge in [0.05, 0.1) is 0 Å². The van der Waals surface area contributed by atoms with E-state index in [1.807, 2.05) is 6.07 Å². The molecule has 54 heavy (non-hydrogen) atoms. The van der Waals surface area contributed by atoms with Crippen LogP contribution in [0, 0.1) is 0 Å². The van der Waals surface area contributed by atoms with Crippen molar-refractivity contribution in [1.82, 2.24) is 0 Å². The Morgan fingerprint density at radius 1 is 0.333 bits per heavy atom. The molecule has 0 aliphatic heterocycles. The van der Waals surface area contributed by atoms with Crippen LogP contribution in [0.2, 0.25) is 0 Å². The van der Waals surface area contributed by atoms with E-state index in [9.17, 15) is 0 Å². The van der Waals surface area contributed by atoms with Gasteiger partial charge in [-0.05, 0) is 130 Å². The van der Waals surface area contributed by atoms with E-state index < -0.39 is 0 Å². The van der Waals surface area contributed by atoms with Crippen LogP contribution in [0.25, 0.3) is 110 Å². The Kier molecular flexibility index (Phi) is 5.90. The average molecular weight is 687 g/mol. The summed E-state index contributed by atoms with van der Waals surface area (Å²) in [6.45, 7) is 4.83. The van der Waals surface area contributed by atoms with E-state index in [0.717, 1.165) is 21.9 Å². The Labute approximate surface area is 313 Å². The van der Waals surface area contributed by atoms with Gasteiger partial charge in [0.2, 0.25) is 0 Å². The summed E-state index contributed by atoms with van der Waals surface area (Å²) in [5, 5.41) is 7.60. The fourth-order valence-electron chi connectivity index (χ4n) is 9.97. The molecule has 9 aromatic carbocycles. The summed E-state index contributed by atoms with van der Waals surface area (Å²) in [4.78, 5) is 0. The standard InChI is InChI=1S/C53H34O/c1-53(2)43-29-34(33-25-27-46-41(28-33)35-18-11-12-23-45(35)54-46)24-26-38(43)50-39-21-13-22-40-49(39)42(30-44(50)53)52-48(32-16-7-4-8-17-32)37-20-10-9-19-36(37)47(51(40)52)31-14-5-3-6-15-31/h3-30H,1-2H3. The molecule has 1 nitrogen and oxygen atoms in total. The topological polar surface area (TPSA) is 13.1 Å². The summed E-state index contributed by atoms with van der Waals surface area (Å²) in [7, 11) is 0. The molecule has 2 aliphatic rings. The molecular weight excluding hydrogens is 653 g/mol. The Bertz CT molecular complexity index is 3220. The van der Waals surface area contributed by atoms with E-state index in [4.69, 9.17) is 4.42 Å². The fraction of sp³-hybridized carbons (Fsp3) is 0.0566. The molecule has 1 aromatic heterocycles. The molecule has 10 aromatic rings.